The molecule has 0 heterocycles. The highest BCUT2D eigenvalue weighted by Crippen LogP contribution is 2.35. The van der Waals surface area contributed by atoms with Gasteiger partial charge >= 0.3 is 0 Å². The standard InChI is InChI=1S/C14H17BrCl2/c15-12(10-4-1-2-5-10)9-8-11-13(16)6-3-7-14(11)17/h3,6-7,10,12H,1-2,4-5,8-9H2. The van der Waals surface area contributed by atoms with E-state index in [0.717, 1.165) is 34.4 Å². The molecule has 0 amide bonds. The molecule has 17 heavy (non-hydrogen) atoms. The predicted octanol–water partition coefficient (Wildman–Crippen LogP) is 5.88. The topological polar surface area (TPSA) is 0 Å². The SMILES string of the molecule is Clc1cccc(Cl)c1CCC(Br)C1CCCC1. The van der Waals surface area contributed by atoms with Gasteiger partial charge in [0.1, 0.15) is 0 Å². The van der Waals surface area contributed by atoms with Crippen molar-refractivity contribution in [1.82, 2.24) is 0 Å². The Morgan fingerprint density at radius 3 is 2.35 bits per heavy atom. The fourth-order valence-corrected chi connectivity index (χ4v) is 3.95. The molecule has 0 nitrogen and oxygen atoms in total. The lowest BCUT2D eigenvalue weighted by atomic mass is 9.98. The Labute approximate surface area is 122 Å². The van der Waals surface area contributed by atoms with Crippen molar-refractivity contribution in [3.05, 3.63) is 33.8 Å². The van der Waals surface area contributed by atoms with Crippen LogP contribution in [0, 0.1) is 5.92 Å². The van der Waals surface area contributed by atoms with Gasteiger partial charge in [-0.1, -0.05) is 58.0 Å². The quantitative estimate of drug-likeness (QED) is 0.603. The molecule has 1 saturated carbocycles. The Balaban J connectivity index is 1.92. The molecule has 0 spiro atoms. The number of benzene rings is 1. The summed E-state index contributed by atoms with van der Waals surface area (Å²) in [6.07, 6.45) is 7.59. The summed E-state index contributed by atoms with van der Waals surface area (Å²) in [5.41, 5.74) is 1.10. The van der Waals surface area contributed by atoms with Gasteiger partial charge < -0.3 is 0 Å². The molecule has 0 radical (unpaired) electrons. The van der Waals surface area contributed by atoms with Crippen molar-refractivity contribution in [3.63, 3.8) is 0 Å². The zero-order valence-electron chi connectivity index (χ0n) is 9.76. The third-order valence-electron chi connectivity index (χ3n) is 3.64. The molecule has 1 atom stereocenters. The number of hydrogen-bond donors (Lipinski definition) is 0. The van der Waals surface area contributed by atoms with E-state index in [-0.39, 0.29) is 0 Å². The zero-order valence-corrected chi connectivity index (χ0v) is 12.9. The maximum atomic E-state index is 6.17. The van der Waals surface area contributed by atoms with E-state index in [4.69, 9.17) is 23.2 Å². The predicted molar refractivity (Wildman–Crippen MR) is 79.5 cm³/mol. The van der Waals surface area contributed by atoms with E-state index in [0.29, 0.717) is 4.83 Å². The van der Waals surface area contributed by atoms with Crippen molar-refractivity contribution in [1.29, 1.82) is 0 Å². The molecule has 0 aliphatic heterocycles. The van der Waals surface area contributed by atoms with Gasteiger partial charge in [0.05, 0.1) is 0 Å². The highest BCUT2D eigenvalue weighted by molar-refractivity contribution is 9.09. The summed E-state index contributed by atoms with van der Waals surface area (Å²) in [5, 5.41) is 1.59. The lowest BCUT2D eigenvalue weighted by molar-refractivity contribution is 0.506. The van der Waals surface area contributed by atoms with Gasteiger partial charge in [-0.2, -0.15) is 0 Å². The van der Waals surface area contributed by atoms with Crippen molar-refractivity contribution >= 4 is 39.1 Å². The maximum absolute atomic E-state index is 6.17. The molecule has 1 unspecified atom stereocenters. The summed E-state index contributed by atoms with van der Waals surface area (Å²) in [7, 11) is 0. The van der Waals surface area contributed by atoms with Crippen LogP contribution in [0.1, 0.15) is 37.7 Å². The fraction of sp³-hybridized carbons (Fsp3) is 0.571. The lowest BCUT2D eigenvalue weighted by Crippen LogP contribution is -2.11. The van der Waals surface area contributed by atoms with Gasteiger partial charge in [0, 0.05) is 14.9 Å². The summed E-state index contributed by atoms with van der Waals surface area (Å²) in [4.78, 5) is 0.609. The Bertz CT molecular complexity index is 352. The first-order chi connectivity index (χ1) is 8.18. The molecule has 3 heteroatoms. The molecule has 2 rings (SSSR count). The third-order valence-corrected chi connectivity index (χ3v) is 5.56. The second kappa shape index (κ2) is 6.45. The lowest BCUT2D eigenvalue weighted by Gasteiger charge is -2.17. The van der Waals surface area contributed by atoms with Gasteiger partial charge in [0.15, 0.2) is 0 Å². The van der Waals surface area contributed by atoms with Gasteiger partial charge in [-0.05, 0) is 49.3 Å². The van der Waals surface area contributed by atoms with E-state index < -0.39 is 0 Å². The van der Waals surface area contributed by atoms with E-state index in [1.807, 2.05) is 18.2 Å². The highest BCUT2D eigenvalue weighted by atomic mass is 79.9. The van der Waals surface area contributed by atoms with Crippen LogP contribution in [0.4, 0.5) is 0 Å². The average molecular weight is 336 g/mol. The Morgan fingerprint density at radius 1 is 1.18 bits per heavy atom. The Kier molecular flexibility index (Phi) is 5.20. The highest BCUT2D eigenvalue weighted by Gasteiger charge is 2.22. The molecule has 1 fully saturated rings. The largest absolute Gasteiger partial charge is 0.0888 e. The second-order valence-electron chi connectivity index (χ2n) is 4.80. The van der Waals surface area contributed by atoms with Gasteiger partial charge in [0.2, 0.25) is 0 Å². The van der Waals surface area contributed by atoms with Crippen LogP contribution < -0.4 is 0 Å². The molecule has 1 aromatic carbocycles. The third kappa shape index (κ3) is 3.62. The normalized spacial score (nSPS) is 18.5. The van der Waals surface area contributed by atoms with Gasteiger partial charge in [-0.25, -0.2) is 0 Å². The minimum Gasteiger partial charge on any atom is -0.0888 e. The van der Waals surface area contributed by atoms with Crippen molar-refractivity contribution in [2.45, 2.75) is 43.4 Å². The molecular weight excluding hydrogens is 319 g/mol. The molecule has 0 N–H and O–H groups in total. The fourth-order valence-electron chi connectivity index (χ4n) is 2.61. The van der Waals surface area contributed by atoms with Gasteiger partial charge in [0.25, 0.3) is 0 Å². The summed E-state index contributed by atoms with van der Waals surface area (Å²) in [6.45, 7) is 0. The summed E-state index contributed by atoms with van der Waals surface area (Å²) in [5.74, 6) is 0.844. The van der Waals surface area contributed by atoms with Crippen molar-refractivity contribution < 1.29 is 0 Å². The van der Waals surface area contributed by atoms with Crippen molar-refractivity contribution in [3.8, 4) is 0 Å². The van der Waals surface area contributed by atoms with E-state index in [9.17, 15) is 0 Å². The smallest absolute Gasteiger partial charge is 0.0452 e. The average Bonchev–Trinajstić information content (AvgIpc) is 2.81. The van der Waals surface area contributed by atoms with Crippen LogP contribution in [-0.4, -0.2) is 4.83 Å². The minimum atomic E-state index is 0.609. The van der Waals surface area contributed by atoms with E-state index >= 15 is 0 Å². The molecule has 1 aliphatic rings. The van der Waals surface area contributed by atoms with Crippen LogP contribution in [0.3, 0.4) is 0 Å². The Hall–Kier alpha value is 0.280. The molecule has 0 bridgehead atoms. The first kappa shape index (κ1) is 13.7. The van der Waals surface area contributed by atoms with Gasteiger partial charge in [-0.15, -0.1) is 0 Å². The molecule has 1 aromatic rings. The second-order valence-corrected chi connectivity index (χ2v) is 6.79. The van der Waals surface area contributed by atoms with Crippen LogP contribution >= 0.6 is 39.1 Å². The number of rotatable bonds is 4. The van der Waals surface area contributed by atoms with E-state index in [1.54, 1.807) is 0 Å². The molecular formula is C14H17BrCl2. The van der Waals surface area contributed by atoms with Crippen LogP contribution in [0.2, 0.25) is 10.0 Å². The molecule has 1 aliphatic carbocycles. The minimum absolute atomic E-state index is 0.609. The van der Waals surface area contributed by atoms with Crippen LogP contribution in [-0.2, 0) is 6.42 Å². The van der Waals surface area contributed by atoms with Crippen LogP contribution in [0.25, 0.3) is 0 Å². The first-order valence-corrected chi connectivity index (χ1v) is 7.92. The number of hydrogen-bond acceptors (Lipinski definition) is 0. The van der Waals surface area contributed by atoms with Crippen LogP contribution in [0.15, 0.2) is 18.2 Å². The molecule has 0 aromatic heterocycles. The van der Waals surface area contributed by atoms with E-state index in [2.05, 4.69) is 15.9 Å². The number of halogens is 3. The van der Waals surface area contributed by atoms with Crippen molar-refractivity contribution in [2.24, 2.45) is 5.92 Å². The zero-order chi connectivity index (χ0) is 12.3. The van der Waals surface area contributed by atoms with Gasteiger partial charge in [-0.3, -0.25) is 0 Å². The summed E-state index contributed by atoms with van der Waals surface area (Å²) in [6, 6.07) is 5.74. The summed E-state index contributed by atoms with van der Waals surface area (Å²) >= 11 is 16.2. The molecule has 94 valence electrons. The number of alkyl halides is 1. The maximum Gasteiger partial charge on any atom is 0.0452 e. The first-order valence-electron chi connectivity index (χ1n) is 6.25. The van der Waals surface area contributed by atoms with Crippen LogP contribution in [0.5, 0.6) is 0 Å². The molecule has 0 saturated heterocycles. The van der Waals surface area contributed by atoms with Crippen molar-refractivity contribution in [2.75, 3.05) is 0 Å². The van der Waals surface area contributed by atoms with E-state index in [1.165, 1.54) is 25.7 Å². The summed E-state index contributed by atoms with van der Waals surface area (Å²) < 4.78 is 0. The monoisotopic (exact) mass is 334 g/mol. The Morgan fingerprint density at radius 2 is 1.76 bits per heavy atom.